The van der Waals surface area contributed by atoms with Crippen LogP contribution in [0.1, 0.15) is 16.4 Å². The van der Waals surface area contributed by atoms with Crippen LogP contribution in [0.3, 0.4) is 0 Å². The largest absolute Gasteiger partial charge is 0.480 e. The van der Waals surface area contributed by atoms with E-state index in [1.54, 1.807) is 18.2 Å². The molecule has 3 rings (SSSR count). The fraction of sp³-hybridized carbons (Fsp3) is 0.100. The highest BCUT2D eigenvalue weighted by Crippen LogP contribution is 2.42. The molecule has 5 N–H and O–H groups in total. The number of allylic oxidation sites excluding steroid dienone is 1. The van der Waals surface area contributed by atoms with Crippen LogP contribution in [0, 0.1) is 29.1 Å². The van der Waals surface area contributed by atoms with Crippen LogP contribution in [-0.4, -0.2) is 12.5 Å². The monoisotopic (exact) mass is 454 g/mol. The van der Waals surface area contributed by atoms with Crippen molar-refractivity contribution in [3.8, 4) is 24.2 Å². The molecule has 0 bridgehead atoms. The van der Waals surface area contributed by atoms with Crippen molar-refractivity contribution >= 4 is 38.9 Å². The number of thiophene rings is 1. The number of nitriles is 1. The van der Waals surface area contributed by atoms with Crippen LogP contribution in [0.4, 0.5) is 0 Å². The van der Waals surface area contributed by atoms with Gasteiger partial charge >= 0.3 is 0 Å². The second-order valence-electron chi connectivity index (χ2n) is 5.74. The number of nitrogens with one attached hydrogen (secondary N) is 1. The predicted octanol–water partition coefficient (Wildman–Crippen LogP) is 3.68. The molecule has 140 valence electrons. The number of halogens is 1. The van der Waals surface area contributed by atoms with Gasteiger partial charge in [0.1, 0.15) is 24.0 Å². The van der Waals surface area contributed by atoms with Crippen molar-refractivity contribution in [3.05, 3.63) is 67.7 Å². The van der Waals surface area contributed by atoms with Crippen LogP contribution >= 0.6 is 27.3 Å². The summed E-state index contributed by atoms with van der Waals surface area (Å²) < 4.78 is 11.4. The number of terminal acetylenes is 1. The van der Waals surface area contributed by atoms with Crippen LogP contribution in [0.25, 0.3) is 5.70 Å². The van der Waals surface area contributed by atoms with Gasteiger partial charge in [-0.1, -0.05) is 18.1 Å². The van der Waals surface area contributed by atoms with Crippen molar-refractivity contribution in [2.75, 3.05) is 6.61 Å². The van der Waals surface area contributed by atoms with Gasteiger partial charge in [-0.05, 0) is 45.1 Å². The summed E-state index contributed by atoms with van der Waals surface area (Å²) in [5.74, 6) is 2.04. The Morgan fingerprint density at radius 1 is 1.43 bits per heavy atom. The van der Waals surface area contributed by atoms with Gasteiger partial charge in [0.15, 0.2) is 0 Å². The van der Waals surface area contributed by atoms with Gasteiger partial charge in [-0.25, -0.2) is 0 Å². The van der Waals surface area contributed by atoms with Crippen LogP contribution in [0.5, 0.6) is 5.75 Å². The molecule has 0 radical (unpaired) electrons. The van der Waals surface area contributed by atoms with Crippen molar-refractivity contribution in [1.82, 2.24) is 0 Å². The Balaban J connectivity index is 2.18. The van der Waals surface area contributed by atoms with E-state index in [1.165, 1.54) is 11.3 Å². The molecule has 28 heavy (non-hydrogen) atoms. The lowest BCUT2D eigenvalue weighted by Gasteiger charge is -2.28. The first-order valence-electron chi connectivity index (χ1n) is 8.03. The van der Waals surface area contributed by atoms with E-state index in [4.69, 9.17) is 32.8 Å². The lowest BCUT2D eigenvalue weighted by atomic mass is 9.82. The summed E-state index contributed by atoms with van der Waals surface area (Å²) >= 11 is 4.89. The Hall–Kier alpha value is -3.20. The molecule has 1 aliphatic rings. The minimum Gasteiger partial charge on any atom is -0.480 e. The number of nitrogens with two attached hydrogens (primary N) is 2. The molecular formula is C20H15BrN4O2S. The molecule has 1 atom stereocenters. The van der Waals surface area contributed by atoms with E-state index >= 15 is 0 Å². The zero-order chi connectivity index (χ0) is 20.3. The molecule has 1 unspecified atom stereocenters. The van der Waals surface area contributed by atoms with Gasteiger partial charge in [-0.2, -0.15) is 5.26 Å². The van der Waals surface area contributed by atoms with Gasteiger partial charge < -0.3 is 20.9 Å². The second kappa shape index (κ2) is 8.22. The van der Waals surface area contributed by atoms with E-state index < -0.39 is 5.92 Å². The summed E-state index contributed by atoms with van der Waals surface area (Å²) in [7, 11) is 0. The maximum Gasteiger partial charge on any atom is 0.220 e. The van der Waals surface area contributed by atoms with Gasteiger partial charge in [0.25, 0.3) is 0 Å². The summed E-state index contributed by atoms with van der Waals surface area (Å²) in [6.07, 6.45) is 5.24. The number of hydrogen-bond acceptors (Lipinski definition) is 7. The fourth-order valence-electron chi connectivity index (χ4n) is 2.87. The summed E-state index contributed by atoms with van der Waals surface area (Å²) in [6, 6.07) is 11.1. The van der Waals surface area contributed by atoms with Crippen LogP contribution < -0.4 is 16.2 Å². The van der Waals surface area contributed by atoms with E-state index in [2.05, 4.69) is 27.9 Å². The van der Waals surface area contributed by atoms with Crippen molar-refractivity contribution in [1.29, 1.82) is 10.7 Å². The lowest BCUT2D eigenvalue weighted by Crippen LogP contribution is -2.28. The Kier molecular flexibility index (Phi) is 5.74. The van der Waals surface area contributed by atoms with Gasteiger partial charge in [-0.15, -0.1) is 17.8 Å². The molecule has 0 fully saturated rings. The molecule has 0 amide bonds. The molecule has 0 saturated heterocycles. The lowest BCUT2D eigenvalue weighted by molar-refractivity contribution is 0.367. The first-order chi connectivity index (χ1) is 13.5. The van der Waals surface area contributed by atoms with E-state index in [9.17, 15) is 5.26 Å². The Bertz CT molecular complexity index is 1070. The number of hydrogen-bond donors (Lipinski definition) is 3. The van der Waals surface area contributed by atoms with Crippen molar-refractivity contribution in [2.45, 2.75) is 5.92 Å². The molecule has 0 spiro atoms. The second-order valence-corrected chi connectivity index (χ2v) is 7.54. The molecular weight excluding hydrogens is 440 g/mol. The molecule has 8 heteroatoms. The zero-order valence-corrected chi connectivity index (χ0v) is 16.9. The minimum atomic E-state index is -0.647. The van der Waals surface area contributed by atoms with Crippen molar-refractivity contribution < 1.29 is 9.47 Å². The maximum absolute atomic E-state index is 9.69. The van der Waals surface area contributed by atoms with Crippen LogP contribution in [0.15, 0.2) is 57.2 Å². The topological polar surface area (TPSA) is 118 Å². The summed E-state index contributed by atoms with van der Waals surface area (Å²) in [5.41, 5.74) is 13.9. The quantitative estimate of drug-likeness (QED) is 0.608. The van der Waals surface area contributed by atoms with Gasteiger partial charge in [0, 0.05) is 0 Å². The SMILES string of the molecule is C#CCOc1ccc(C2C(C#N)=C(N)OC(=N)/C2=C(\N)c2cccs2)cc1Br. The Morgan fingerprint density at radius 2 is 2.21 bits per heavy atom. The van der Waals surface area contributed by atoms with E-state index in [0.717, 1.165) is 4.88 Å². The summed E-state index contributed by atoms with van der Waals surface area (Å²) in [5, 5.41) is 19.9. The average molecular weight is 455 g/mol. The standard InChI is InChI=1S/C20H15BrN4O2S/c1-2-7-26-14-6-5-11(9-13(14)21)16-12(10-22)19(24)27-20(25)17(16)18(23)15-4-3-8-28-15/h1,3-6,8-9,16,25H,7,23-24H2/b18-17-,25-20?. The maximum atomic E-state index is 9.69. The highest BCUT2D eigenvalue weighted by Gasteiger charge is 2.36. The number of benzene rings is 1. The highest BCUT2D eigenvalue weighted by molar-refractivity contribution is 9.10. The number of rotatable bonds is 4. The van der Waals surface area contributed by atoms with Crippen molar-refractivity contribution in [3.63, 3.8) is 0 Å². The third kappa shape index (κ3) is 3.61. The molecule has 1 aromatic carbocycles. The van der Waals surface area contributed by atoms with Gasteiger partial charge in [0.05, 0.1) is 26.5 Å². The first-order valence-corrected chi connectivity index (χ1v) is 9.71. The molecule has 1 aromatic heterocycles. The zero-order valence-electron chi connectivity index (χ0n) is 14.5. The summed E-state index contributed by atoms with van der Waals surface area (Å²) in [4.78, 5) is 0.777. The first kappa shape index (κ1) is 19.6. The van der Waals surface area contributed by atoms with Crippen LogP contribution in [0.2, 0.25) is 0 Å². The molecule has 1 aliphatic heterocycles. The Labute approximate surface area is 174 Å². The fourth-order valence-corrected chi connectivity index (χ4v) is 4.07. The third-order valence-corrected chi connectivity index (χ3v) is 5.62. The molecule has 0 aliphatic carbocycles. The molecule has 2 aromatic rings. The van der Waals surface area contributed by atoms with Crippen molar-refractivity contribution in [2.24, 2.45) is 11.5 Å². The Morgan fingerprint density at radius 3 is 2.82 bits per heavy atom. The average Bonchev–Trinajstić information content (AvgIpc) is 3.21. The van der Waals surface area contributed by atoms with E-state index in [0.29, 0.717) is 27.1 Å². The van der Waals surface area contributed by atoms with E-state index in [1.807, 2.05) is 17.5 Å². The molecule has 6 nitrogen and oxygen atoms in total. The van der Waals surface area contributed by atoms with Gasteiger partial charge in [0.2, 0.25) is 11.8 Å². The summed E-state index contributed by atoms with van der Waals surface area (Å²) in [6.45, 7) is 0.132. The third-order valence-electron chi connectivity index (χ3n) is 4.10. The normalized spacial score (nSPS) is 18.1. The van der Waals surface area contributed by atoms with Crippen LogP contribution in [-0.2, 0) is 4.74 Å². The van der Waals surface area contributed by atoms with E-state index in [-0.39, 0.29) is 24.0 Å². The number of ether oxygens (including phenoxy) is 2. The number of nitrogens with zero attached hydrogens (tertiary/aromatic N) is 1. The molecule has 2 heterocycles. The highest BCUT2D eigenvalue weighted by atomic mass is 79.9. The smallest absolute Gasteiger partial charge is 0.220 e. The minimum absolute atomic E-state index is 0.107. The predicted molar refractivity (Wildman–Crippen MR) is 112 cm³/mol. The van der Waals surface area contributed by atoms with Gasteiger partial charge in [-0.3, -0.25) is 5.41 Å². The molecule has 0 saturated carbocycles.